The van der Waals surface area contributed by atoms with Gasteiger partial charge in [0.1, 0.15) is 19.1 Å². The molecule has 0 atom stereocenters. The van der Waals surface area contributed by atoms with Gasteiger partial charge in [-0.25, -0.2) is 14.8 Å². The number of aryl methyl sites for hydroxylation is 1. The maximum absolute atomic E-state index is 12.1. The molecule has 14 nitrogen and oxygen atoms in total. The monoisotopic (exact) mass is 474 g/mol. The summed E-state index contributed by atoms with van der Waals surface area (Å²) in [6, 6.07) is 3.25. The Morgan fingerprint density at radius 3 is 2.88 bits per heavy atom. The lowest BCUT2D eigenvalue weighted by Gasteiger charge is -2.07. The number of nitrogens with zero attached hydrogens (tertiary/aromatic N) is 5. The third-order valence-electron chi connectivity index (χ3n) is 4.20. The number of amides is 1. The second kappa shape index (κ2) is 11.5. The molecule has 1 N–H and O–H groups in total. The van der Waals surface area contributed by atoms with E-state index >= 15 is 0 Å². The molecule has 3 heterocycles. The molecule has 0 unspecified atom stereocenters. The number of hydrogen-bond donors (Lipinski definition) is 1. The fraction of sp³-hybridized carbons (Fsp3) is 0.350. The molecule has 14 heteroatoms. The van der Waals surface area contributed by atoms with Gasteiger partial charge in [0, 0.05) is 31.4 Å². The number of hydrogen-bond acceptors (Lipinski definition) is 11. The number of carbonyl (C=O) groups excluding carboxylic acids is 2. The van der Waals surface area contributed by atoms with Crippen molar-refractivity contribution in [3.8, 4) is 17.3 Å². The van der Waals surface area contributed by atoms with Gasteiger partial charge in [-0.3, -0.25) is 19.6 Å². The van der Waals surface area contributed by atoms with Gasteiger partial charge >= 0.3 is 11.7 Å². The highest BCUT2D eigenvalue weighted by Crippen LogP contribution is 2.22. The Morgan fingerprint density at radius 1 is 1.29 bits per heavy atom. The van der Waals surface area contributed by atoms with Crippen molar-refractivity contribution in [2.24, 2.45) is 7.05 Å². The summed E-state index contributed by atoms with van der Waals surface area (Å²) < 4.78 is 22.3. The predicted molar refractivity (Wildman–Crippen MR) is 114 cm³/mol. The van der Waals surface area contributed by atoms with E-state index in [1.807, 2.05) is 0 Å². The summed E-state index contributed by atoms with van der Waals surface area (Å²) in [5, 5.41) is 17.3. The van der Waals surface area contributed by atoms with Gasteiger partial charge < -0.3 is 23.9 Å². The molecule has 3 aromatic rings. The van der Waals surface area contributed by atoms with Crippen molar-refractivity contribution < 1.29 is 33.1 Å². The number of carbonyl (C=O) groups is 2. The first-order valence-corrected chi connectivity index (χ1v) is 10.1. The van der Waals surface area contributed by atoms with E-state index in [1.165, 1.54) is 24.2 Å². The average molecular weight is 474 g/mol. The summed E-state index contributed by atoms with van der Waals surface area (Å²) in [4.78, 5) is 42.2. The van der Waals surface area contributed by atoms with Crippen LogP contribution in [-0.4, -0.2) is 69.5 Å². The Kier molecular flexibility index (Phi) is 8.23. The van der Waals surface area contributed by atoms with Crippen molar-refractivity contribution in [2.75, 3.05) is 33.0 Å². The topological polar surface area (TPSA) is 174 Å². The van der Waals surface area contributed by atoms with Crippen LogP contribution in [0.15, 0.2) is 35.2 Å². The van der Waals surface area contributed by atoms with E-state index < -0.39 is 16.8 Å². The second-order valence-electron chi connectivity index (χ2n) is 6.65. The number of nitro groups is 1. The second-order valence-corrected chi connectivity index (χ2v) is 6.65. The minimum atomic E-state index is -0.667. The lowest BCUT2D eigenvalue weighted by molar-refractivity contribution is -0.385. The number of nitrogens with one attached hydrogen (secondary N) is 1. The van der Waals surface area contributed by atoms with E-state index in [-0.39, 0.29) is 55.9 Å². The number of oxazole rings is 1. The van der Waals surface area contributed by atoms with Crippen LogP contribution < -0.4 is 10.1 Å². The maximum atomic E-state index is 12.1. The zero-order chi connectivity index (χ0) is 24.5. The van der Waals surface area contributed by atoms with Gasteiger partial charge in [0.2, 0.25) is 17.5 Å². The Balaban J connectivity index is 1.39. The summed E-state index contributed by atoms with van der Waals surface area (Å²) >= 11 is 0. The maximum Gasteiger partial charge on any atom is 0.360 e. The van der Waals surface area contributed by atoms with Crippen LogP contribution in [0.3, 0.4) is 0 Å². The highest BCUT2D eigenvalue weighted by molar-refractivity contribution is 5.96. The average Bonchev–Trinajstić information content (AvgIpc) is 3.46. The first-order valence-electron chi connectivity index (χ1n) is 10.1. The zero-order valence-electron chi connectivity index (χ0n) is 18.4. The van der Waals surface area contributed by atoms with Gasteiger partial charge in [0.15, 0.2) is 5.69 Å². The lowest BCUT2D eigenvalue weighted by Crippen LogP contribution is -2.28. The molecule has 0 bridgehead atoms. The van der Waals surface area contributed by atoms with Crippen LogP contribution >= 0.6 is 0 Å². The molecule has 0 saturated carbocycles. The SMILES string of the molecule is CCOC(=O)c1coc(-c2ccnc(OCCOCCNC(=O)c3nn(C)cc3[N+](=O)[O-])c2)n1. The van der Waals surface area contributed by atoms with Crippen LogP contribution in [0.2, 0.25) is 0 Å². The summed E-state index contributed by atoms with van der Waals surface area (Å²) in [5.74, 6) is -0.719. The Morgan fingerprint density at radius 2 is 2.12 bits per heavy atom. The summed E-state index contributed by atoms with van der Waals surface area (Å²) in [5.41, 5.74) is -0.00445. The molecule has 0 fully saturated rings. The van der Waals surface area contributed by atoms with Gasteiger partial charge in [-0.1, -0.05) is 0 Å². The lowest BCUT2D eigenvalue weighted by atomic mass is 10.2. The molecular formula is C20H22N6O8. The Bertz CT molecular complexity index is 1160. The first kappa shape index (κ1) is 24.3. The molecule has 0 aliphatic heterocycles. The van der Waals surface area contributed by atoms with Crippen molar-refractivity contribution in [2.45, 2.75) is 6.92 Å². The van der Waals surface area contributed by atoms with E-state index in [9.17, 15) is 19.7 Å². The van der Waals surface area contributed by atoms with E-state index in [2.05, 4.69) is 20.4 Å². The van der Waals surface area contributed by atoms with E-state index in [1.54, 1.807) is 19.1 Å². The third kappa shape index (κ3) is 6.35. The van der Waals surface area contributed by atoms with Crippen molar-refractivity contribution in [3.05, 3.63) is 52.3 Å². The number of pyridine rings is 1. The van der Waals surface area contributed by atoms with Crippen LogP contribution in [0.5, 0.6) is 5.88 Å². The van der Waals surface area contributed by atoms with Crippen LogP contribution in [0.4, 0.5) is 5.69 Å². The molecule has 0 saturated heterocycles. The summed E-state index contributed by atoms with van der Waals surface area (Å²) in [7, 11) is 1.49. The largest absolute Gasteiger partial charge is 0.475 e. The third-order valence-corrected chi connectivity index (χ3v) is 4.20. The van der Waals surface area contributed by atoms with Crippen LogP contribution in [-0.2, 0) is 16.5 Å². The molecule has 180 valence electrons. The van der Waals surface area contributed by atoms with Crippen LogP contribution in [0.25, 0.3) is 11.5 Å². The zero-order valence-corrected chi connectivity index (χ0v) is 18.4. The first-order chi connectivity index (χ1) is 16.4. The molecule has 3 rings (SSSR count). The molecule has 0 aliphatic carbocycles. The molecule has 0 radical (unpaired) electrons. The molecule has 0 aromatic carbocycles. The highest BCUT2D eigenvalue weighted by atomic mass is 16.6. The van der Waals surface area contributed by atoms with Gasteiger partial charge in [-0.15, -0.1) is 0 Å². The molecule has 34 heavy (non-hydrogen) atoms. The summed E-state index contributed by atoms with van der Waals surface area (Å²) in [6.45, 7) is 2.60. The fourth-order valence-corrected chi connectivity index (χ4v) is 2.73. The van der Waals surface area contributed by atoms with Crippen molar-refractivity contribution in [3.63, 3.8) is 0 Å². The standard InChI is InChI=1S/C20H22N6O8/c1-3-32-20(28)14-12-34-19(23-14)13-4-5-21-16(10-13)33-9-8-31-7-6-22-18(27)17-15(26(29)30)11-25(2)24-17/h4-5,10-12H,3,6-9H2,1-2H3,(H,22,27). The number of aromatic nitrogens is 4. The van der Waals surface area contributed by atoms with Gasteiger partial charge in [0.05, 0.1) is 24.7 Å². The van der Waals surface area contributed by atoms with E-state index in [0.29, 0.717) is 11.4 Å². The fourth-order valence-electron chi connectivity index (χ4n) is 2.73. The van der Waals surface area contributed by atoms with Crippen LogP contribution in [0.1, 0.15) is 27.9 Å². The molecule has 0 aliphatic rings. The van der Waals surface area contributed by atoms with Gasteiger partial charge in [-0.05, 0) is 13.0 Å². The van der Waals surface area contributed by atoms with Crippen LogP contribution in [0, 0.1) is 10.1 Å². The van der Waals surface area contributed by atoms with Gasteiger partial charge in [-0.2, -0.15) is 5.10 Å². The molecule has 0 spiro atoms. The molecule has 3 aromatic heterocycles. The summed E-state index contributed by atoms with van der Waals surface area (Å²) in [6.07, 6.45) is 3.88. The quantitative estimate of drug-likeness (QED) is 0.174. The van der Waals surface area contributed by atoms with Crippen molar-refractivity contribution in [1.29, 1.82) is 0 Å². The van der Waals surface area contributed by atoms with Gasteiger partial charge in [0.25, 0.3) is 5.91 Å². The smallest absolute Gasteiger partial charge is 0.360 e. The normalized spacial score (nSPS) is 10.6. The van der Waals surface area contributed by atoms with E-state index in [0.717, 1.165) is 6.20 Å². The molecule has 1 amide bonds. The number of ether oxygens (including phenoxy) is 3. The number of esters is 1. The number of rotatable bonds is 12. The van der Waals surface area contributed by atoms with Crippen molar-refractivity contribution >= 4 is 17.6 Å². The minimum Gasteiger partial charge on any atom is -0.475 e. The Labute approximate surface area is 193 Å². The predicted octanol–water partition coefficient (Wildman–Crippen LogP) is 1.38. The van der Waals surface area contributed by atoms with Crippen molar-refractivity contribution in [1.82, 2.24) is 25.1 Å². The highest BCUT2D eigenvalue weighted by Gasteiger charge is 2.24. The molecular weight excluding hydrogens is 452 g/mol. The Hall–Kier alpha value is -4.33. The minimum absolute atomic E-state index is 0.0641. The van der Waals surface area contributed by atoms with E-state index in [4.69, 9.17) is 18.6 Å².